The molecule has 0 saturated heterocycles. The summed E-state index contributed by atoms with van der Waals surface area (Å²) < 4.78 is 0. The smallest absolute Gasteiger partial charge is 0.150 e. The first-order valence-corrected chi connectivity index (χ1v) is 7.36. The molecule has 0 heterocycles. The fourth-order valence-corrected chi connectivity index (χ4v) is 2.22. The molecule has 0 saturated carbocycles. The summed E-state index contributed by atoms with van der Waals surface area (Å²) in [6.07, 6.45) is 1.60. The van der Waals surface area contributed by atoms with Crippen molar-refractivity contribution in [1.82, 2.24) is 0 Å². The minimum Gasteiger partial charge on any atom is -0.298 e. The van der Waals surface area contributed by atoms with Crippen LogP contribution in [0.4, 0.5) is 0 Å². The van der Waals surface area contributed by atoms with E-state index >= 15 is 0 Å². The average Bonchev–Trinajstić information content (AvgIpc) is 2.48. The molecule has 0 spiro atoms. The molecule has 2 heteroatoms. The lowest BCUT2D eigenvalue weighted by molar-refractivity contribution is 0.111. The van der Waals surface area contributed by atoms with Crippen LogP contribution in [0.2, 0.25) is 0 Å². The molecule has 116 valence electrons. The van der Waals surface area contributed by atoms with E-state index in [1.54, 1.807) is 12.1 Å². The van der Waals surface area contributed by atoms with E-state index in [4.69, 9.17) is 0 Å². The molecule has 0 amide bonds. The number of aldehydes is 2. The van der Waals surface area contributed by atoms with Crippen molar-refractivity contribution >= 4 is 12.6 Å². The molecular formula is C20H24O2. The zero-order valence-electron chi connectivity index (χ0n) is 14.3. The minimum atomic E-state index is 0.651. The summed E-state index contributed by atoms with van der Waals surface area (Å²) in [7, 11) is 0. The molecule has 0 aromatic heterocycles. The van der Waals surface area contributed by atoms with Crippen LogP contribution >= 0.6 is 0 Å². The Hall–Kier alpha value is -2.22. The van der Waals surface area contributed by atoms with E-state index < -0.39 is 0 Å². The molecule has 0 aliphatic rings. The van der Waals surface area contributed by atoms with Crippen molar-refractivity contribution in [3.8, 4) is 0 Å². The van der Waals surface area contributed by atoms with Crippen molar-refractivity contribution in [3.05, 3.63) is 68.8 Å². The summed E-state index contributed by atoms with van der Waals surface area (Å²) in [5, 5.41) is 0. The van der Waals surface area contributed by atoms with Gasteiger partial charge in [-0.2, -0.15) is 0 Å². The minimum absolute atomic E-state index is 0.651. The first-order chi connectivity index (χ1) is 10.3. The lowest BCUT2D eigenvalue weighted by Gasteiger charge is -2.04. The van der Waals surface area contributed by atoms with Crippen molar-refractivity contribution in [2.45, 2.75) is 41.5 Å². The Morgan fingerprint density at radius 2 is 0.773 bits per heavy atom. The van der Waals surface area contributed by atoms with Gasteiger partial charge in [0.1, 0.15) is 12.6 Å². The van der Waals surface area contributed by atoms with Crippen molar-refractivity contribution < 1.29 is 9.59 Å². The van der Waals surface area contributed by atoms with Gasteiger partial charge in [-0.3, -0.25) is 9.59 Å². The van der Waals surface area contributed by atoms with Gasteiger partial charge in [0.25, 0.3) is 0 Å². The molecule has 0 bridgehead atoms. The number of carbonyl (C=O) groups excluding carboxylic acids is 2. The van der Waals surface area contributed by atoms with E-state index in [0.717, 1.165) is 23.7 Å². The predicted molar refractivity (Wildman–Crippen MR) is 92.1 cm³/mol. The molecule has 2 aromatic carbocycles. The Morgan fingerprint density at radius 1 is 0.500 bits per heavy atom. The zero-order valence-corrected chi connectivity index (χ0v) is 14.3. The lowest BCUT2D eigenvalue weighted by atomic mass is 10.0. The fourth-order valence-electron chi connectivity index (χ4n) is 2.22. The van der Waals surface area contributed by atoms with Crippen LogP contribution in [0.15, 0.2) is 24.3 Å². The maximum Gasteiger partial charge on any atom is 0.150 e. The Bertz CT molecular complexity index is 613. The van der Waals surface area contributed by atoms with Gasteiger partial charge in [0.2, 0.25) is 0 Å². The van der Waals surface area contributed by atoms with Gasteiger partial charge in [-0.05, 0) is 87.1 Å². The van der Waals surface area contributed by atoms with Crippen LogP contribution in [-0.4, -0.2) is 12.6 Å². The molecule has 0 radical (unpaired) electrons. The van der Waals surface area contributed by atoms with Gasteiger partial charge in [0.15, 0.2) is 0 Å². The van der Waals surface area contributed by atoms with Gasteiger partial charge in [-0.1, -0.05) is 12.1 Å². The van der Waals surface area contributed by atoms with Gasteiger partial charge < -0.3 is 0 Å². The van der Waals surface area contributed by atoms with Gasteiger partial charge in [0, 0.05) is 11.1 Å². The van der Waals surface area contributed by atoms with Crippen LogP contribution in [0, 0.1) is 41.5 Å². The summed E-state index contributed by atoms with van der Waals surface area (Å²) in [5.74, 6) is 0. The first kappa shape index (κ1) is 17.8. The van der Waals surface area contributed by atoms with Crippen molar-refractivity contribution in [3.63, 3.8) is 0 Å². The second-order valence-corrected chi connectivity index (χ2v) is 5.82. The molecule has 22 heavy (non-hydrogen) atoms. The highest BCUT2D eigenvalue weighted by Crippen LogP contribution is 2.13. The van der Waals surface area contributed by atoms with Gasteiger partial charge in [-0.25, -0.2) is 0 Å². The van der Waals surface area contributed by atoms with Crippen LogP contribution in [0.3, 0.4) is 0 Å². The first-order valence-electron chi connectivity index (χ1n) is 7.36. The van der Waals surface area contributed by atoms with Crippen molar-refractivity contribution in [1.29, 1.82) is 0 Å². The molecule has 0 N–H and O–H groups in total. The van der Waals surface area contributed by atoms with Gasteiger partial charge >= 0.3 is 0 Å². The fraction of sp³-hybridized carbons (Fsp3) is 0.300. The van der Waals surface area contributed by atoms with E-state index in [1.807, 2.05) is 13.8 Å². The standard InChI is InChI=1S/C10H10O2.C10H14/c1-7-3-10(6-12)8(2)4-9(7)5-11;1-7-5-9(3)10(4)6-8(7)2/h3-6H,1-2H3;5-6H,1-4H3. The molecular weight excluding hydrogens is 272 g/mol. The molecule has 2 aromatic rings. The molecule has 2 nitrogen and oxygen atoms in total. The Balaban J connectivity index is 0.000000224. The van der Waals surface area contributed by atoms with E-state index in [0.29, 0.717) is 11.1 Å². The molecule has 0 aliphatic carbocycles. The van der Waals surface area contributed by atoms with E-state index in [2.05, 4.69) is 39.8 Å². The third-order valence-electron chi connectivity index (χ3n) is 4.02. The summed E-state index contributed by atoms with van der Waals surface area (Å²) in [4.78, 5) is 21.0. The van der Waals surface area contributed by atoms with Crippen LogP contribution < -0.4 is 0 Å². The van der Waals surface area contributed by atoms with Crippen molar-refractivity contribution in [2.24, 2.45) is 0 Å². The monoisotopic (exact) mass is 296 g/mol. The Kier molecular flexibility index (Phi) is 6.24. The average molecular weight is 296 g/mol. The molecule has 2 rings (SSSR count). The summed E-state index contributed by atoms with van der Waals surface area (Å²) in [5.41, 5.74) is 8.56. The number of carbonyl (C=O) groups is 2. The van der Waals surface area contributed by atoms with E-state index in [9.17, 15) is 9.59 Å². The quantitative estimate of drug-likeness (QED) is 0.742. The normalized spacial score (nSPS) is 9.73. The van der Waals surface area contributed by atoms with Gasteiger partial charge in [0.05, 0.1) is 0 Å². The van der Waals surface area contributed by atoms with Gasteiger partial charge in [-0.15, -0.1) is 0 Å². The third kappa shape index (κ3) is 4.39. The summed E-state index contributed by atoms with van der Waals surface area (Å²) in [6.45, 7) is 12.2. The Labute approximate surface area is 133 Å². The predicted octanol–water partition coefficient (Wildman–Crippen LogP) is 4.85. The van der Waals surface area contributed by atoms with Crippen LogP contribution in [0.5, 0.6) is 0 Å². The number of aryl methyl sites for hydroxylation is 6. The number of hydrogen-bond acceptors (Lipinski definition) is 2. The van der Waals surface area contributed by atoms with Crippen LogP contribution in [-0.2, 0) is 0 Å². The van der Waals surface area contributed by atoms with Crippen LogP contribution in [0.1, 0.15) is 54.1 Å². The summed E-state index contributed by atoms with van der Waals surface area (Å²) in [6, 6.07) is 7.94. The van der Waals surface area contributed by atoms with E-state index in [1.165, 1.54) is 22.3 Å². The molecule has 0 unspecified atom stereocenters. The lowest BCUT2D eigenvalue weighted by Crippen LogP contribution is -1.93. The SMILES string of the molecule is Cc1cc(C)c(C)cc1C.Cc1cc(C=O)c(C)cc1C=O. The second kappa shape index (κ2) is 7.69. The largest absolute Gasteiger partial charge is 0.298 e. The van der Waals surface area contributed by atoms with Crippen LogP contribution in [0.25, 0.3) is 0 Å². The number of benzene rings is 2. The number of hydrogen-bond donors (Lipinski definition) is 0. The maximum atomic E-state index is 10.5. The second-order valence-electron chi connectivity index (χ2n) is 5.82. The van der Waals surface area contributed by atoms with E-state index in [-0.39, 0.29) is 0 Å². The van der Waals surface area contributed by atoms with Crippen molar-refractivity contribution in [2.75, 3.05) is 0 Å². The highest BCUT2D eigenvalue weighted by molar-refractivity contribution is 5.83. The molecule has 0 fully saturated rings. The maximum absolute atomic E-state index is 10.5. The molecule has 0 aliphatic heterocycles. The molecule has 0 atom stereocenters. The zero-order chi connectivity index (χ0) is 16.9. The number of rotatable bonds is 2. The summed E-state index contributed by atoms with van der Waals surface area (Å²) >= 11 is 0. The highest BCUT2D eigenvalue weighted by Gasteiger charge is 2.02. The topological polar surface area (TPSA) is 34.1 Å². The highest BCUT2D eigenvalue weighted by atomic mass is 16.1. The Morgan fingerprint density at radius 3 is 1.00 bits per heavy atom. The third-order valence-corrected chi connectivity index (χ3v) is 4.02.